The van der Waals surface area contributed by atoms with Gasteiger partial charge in [-0.1, -0.05) is 38.7 Å². The predicted molar refractivity (Wildman–Crippen MR) is 110 cm³/mol. The number of carbonyl (C=O) groups excluding carboxylic acids is 1. The highest BCUT2D eigenvalue weighted by atomic mass is 19.2. The first-order chi connectivity index (χ1) is 14.4. The van der Waals surface area contributed by atoms with E-state index in [1.807, 2.05) is 0 Å². The van der Waals surface area contributed by atoms with Crippen LogP contribution >= 0.6 is 0 Å². The lowest BCUT2D eigenvalue weighted by atomic mass is 9.76. The van der Waals surface area contributed by atoms with E-state index in [1.54, 1.807) is 6.07 Å². The fourth-order valence-electron chi connectivity index (χ4n) is 4.61. The Morgan fingerprint density at radius 2 is 1.50 bits per heavy atom. The van der Waals surface area contributed by atoms with E-state index >= 15 is 0 Å². The Labute approximate surface area is 175 Å². The summed E-state index contributed by atoms with van der Waals surface area (Å²) in [5.74, 6) is -3.43. The van der Waals surface area contributed by atoms with Crippen LogP contribution in [0.15, 0.2) is 24.3 Å². The first-order valence-electron chi connectivity index (χ1n) is 10.8. The van der Waals surface area contributed by atoms with E-state index in [-0.39, 0.29) is 24.2 Å². The lowest BCUT2D eigenvalue weighted by Gasteiger charge is -2.29. The van der Waals surface area contributed by atoms with Crippen molar-refractivity contribution in [3.8, 4) is 0 Å². The van der Waals surface area contributed by atoms with Gasteiger partial charge in [-0.3, -0.25) is 4.79 Å². The molecule has 1 fully saturated rings. The first kappa shape index (κ1) is 22.5. The summed E-state index contributed by atoms with van der Waals surface area (Å²) in [6.07, 6.45) is 8.89. The van der Waals surface area contributed by atoms with Gasteiger partial charge in [-0.2, -0.15) is 0 Å². The van der Waals surface area contributed by atoms with Gasteiger partial charge in [0.1, 0.15) is 0 Å². The Kier molecular flexibility index (Phi) is 7.68. The quantitative estimate of drug-likeness (QED) is 0.245. The molecule has 0 saturated heterocycles. The third-order valence-electron chi connectivity index (χ3n) is 6.27. The normalized spacial score (nSPS) is 19.1. The summed E-state index contributed by atoms with van der Waals surface area (Å²) in [6, 6.07) is 4.97. The number of carbonyl (C=O) groups is 1. The van der Waals surface area contributed by atoms with Crippen molar-refractivity contribution in [2.24, 2.45) is 5.92 Å². The van der Waals surface area contributed by atoms with Crippen LogP contribution in [0, 0.1) is 29.2 Å². The molecule has 0 aromatic heterocycles. The molecule has 162 valence electrons. The second kappa shape index (κ2) is 10.2. The SMILES string of the molecule is CCCCCC1CCC(c2cc(Cc3cc(F)c(F)c(C=O)c3)cc(F)c2F)CC1. The van der Waals surface area contributed by atoms with Crippen molar-refractivity contribution in [2.45, 2.75) is 70.6 Å². The van der Waals surface area contributed by atoms with Gasteiger partial charge in [0.25, 0.3) is 0 Å². The minimum atomic E-state index is -1.20. The van der Waals surface area contributed by atoms with Crippen LogP contribution in [0.1, 0.15) is 91.3 Å². The number of halogens is 4. The van der Waals surface area contributed by atoms with Crippen LogP contribution in [-0.2, 0) is 6.42 Å². The van der Waals surface area contributed by atoms with Crippen molar-refractivity contribution in [1.29, 1.82) is 0 Å². The molecule has 0 bridgehead atoms. The molecule has 0 atom stereocenters. The number of benzene rings is 2. The topological polar surface area (TPSA) is 17.1 Å². The molecule has 1 aliphatic carbocycles. The van der Waals surface area contributed by atoms with E-state index in [1.165, 1.54) is 31.7 Å². The van der Waals surface area contributed by atoms with Gasteiger partial charge in [0.2, 0.25) is 0 Å². The molecule has 2 aromatic carbocycles. The molecule has 2 aromatic rings. The third-order valence-corrected chi connectivity index (χ3v) is 6.27. The van der Waals surface area contributed by atoms with Crippen molar-refractivity contribution in [1.82, 2.24) is 0 Å². The number of aldehydes is 1. The maximum absolute atomic E-state index is 14.6. The van der Waals surface area contributed by atoms with Crippen molar-refractivity contribution in [3.05, 3.63) is 69.8 Å². The molecule has 0 N–H and O–H groups in total. The summed E-state index contributed by atoms with van der Waals surface area (Å²) in [7, 11) is 0. The van der Waals surface area contributed by atoms with Gasteiger partial charge in [-0.25, -0.2) is 17.6 Å². The molecular weight excluding hydrogens is 392 g/mol. The van der Waals surface area contributed by atoms with Gasteiger partial charge >= 0.3 is 0 Å². The molecule has 0 unspecified atom stereocenters. The van der Waals surface area contributed by atoms with Crippen LogP contribution in [0.25, 0.3) is 0 Å². The molecule has 1 nitrogen and oxygen atoms in total. The molecule has 3 rings (SSSR count). The Bertz CT molecular complexity index is 885. The Balaban J connectivity index is 1.75. The minimum absolute atomic E-state index is 0.0302. The van der Waals surface area contributed by atoms with E-state index in [4.69, 9.17) is 0 Å². The average molecular weight is 420 g/mol. The number of hydrogen-bond donors (Lipinski definition) is 0. The van der Waals surface area contributed by atoms with E-state index in [2.05, 4.69) is 6.92 Å². The van der Waals surface area contributed by atoms with Gasteiger partial charge in [0.05, 0.1) is 5.56 Å². The van der Waals surface area contributed by atoms with E-state index < -0.39 is 23.3 Å². The molecule has 1 aliphatic rings. The maximum Gasteiger partial charge on any atom is 0.169 e. The van der Waals surface area contributed by atoms with Gasteiger partial charge in [-0.05, 0) is 78.8 Å². The lowest BCUT2D eigenvalue weighted by Crippen LogP contribution is -2.15. The molecule has 0 spiro atoms. The van der Waals surface area contributed by atoms with Crippen molar-refractivity contribution in [2.75, 3.05) is 0 Å². The molecule has 0 aliphatic heterocycles. The zero-order chi connectivity index (χ0) is 21.7. The zero-order valence-corrected chi connectivity index (χ0v) is 17.3. The van der Waals surface area contributed by atoms with Crippen LogP contribution in [-0.4, -0.2) is 6.29 Å². The second-order valence-electron chi connectivity index (χ2n) is 8.47. The van der Waals surface area contributed by atoms with Crippen molar-refractivity contribution >= 4 is 6.29 Å². The van der Waals surface area contributed by atoms with Gasteiger partial charge in [0.15, 0.2) is 29.6 Å². The fourth-order valence-corrected chi connectivity index (χ4v) is 4.61. The second-order valence-corrected chi connectivity index (χ2v) is 8.47. The highest BCUT2D eigenvalue weighted by Gasteiger charge is 2.26. The standard InChI is InChI=1S/C25H28F4O/c1-2-3-4-5-16-6-8-19(9-7-16)21-12-18(14-23(27)25(21)29)10-17-11-20(15-30)24(28)22(26)13-17/h11-16,19H,2-10H2,1H3. The Hall–Kier alpha value is -2.17. The Morgan fingerprint density at radius 1 is 0.867 bits per heavy atom. The Morgan fingerprint density at radius 3 is 2.13 bits per heavy atom. The number of rotatable bonds is 8. The molecule has 5 heteroatoms. The number of unbranched alkanes of at least 4 members (excludes halogenated alkanes) is 2. The smallest absolute Gasteiger partial charge is 0.169 e. The molecule has 1 saturated carbocycles. The molecule has 0 amide bonds. The predicted octanol–water partition coefficient (Wildman–Crippen LogP) is 7.50. The van der Waals surface area contributed by atoms with Gasteiger partial charge in [-0.15, -0.1) is 0 Å². The highest BCUT2D eigenvalue weighted by molar-refractivity contribution is 5.75. The summed E-state index contributed by atoms with van der Waals surface area (Å²) < 4.78 is 56.1. The average Bonchev–Trinajstić information content (AvgIpc) is 2.74. The van der Waals surface area contributed by atoms with Crippen molar-refractivity contribution in [3.63, 3.8) is 0 Å². The number of hydrogen-bond acceptors (Lipinski definition) is 1. The summed E-state index contributed by atoms with van der Waals surface area (Å²) in [6.45, 7) is 2.18. The maximum atomic E-state index is 14.6. The van der Waals surface area contributed by atoms with Gasteiger partial charge in [0, 0.05) is 0 Å². The first-order valence-corrected chi connectivity index (χ1v) is 10.8. The van der Waals surface area contributed by atoms with Crippen LogP contribution in [0.2, 0.25) is 0 Å². The van der Waals surface area contributed by atoms with Crippen molar-refractivity contribution < 1.29 is 22.4 Å². The van der Waals surface area contributed by atoms with Crippen LogP contribution in [0.5, 0.6) is 0 Å². The lowest BCUT2D eigenvalue weighted by molar-refractivity contribution is 0.111. The van der Waals surface area contributed by atoms with E-state index in [0.29, 0.717) is 22.6 Å². The van der Waals surface area contributed by atoms with Crippen LogP contribution in [0.3, 0.4) is 0 Å². The van der Waals surface area contributed by atoms with E-state index in [0.717, 1.165) is 37.8 Å². The fraction of sp³-hybridized carbons (Fsp3) is 0.480. The third kappa shape index (κ3) is 5.30. The molecule has 30 heavy (non-hydrogen) atoms. The largest absolute Gasteiger partial charge is 0.298 e. The van der Waals surface area contributed by atoms with Crippen LogP contribution in [0.4, 0.5) is 17.6 Å². The molecular formula is C25H28F4O. The summed E-state index contributed by atoms with van der Waals surface area (Å²) in [5, 5.41) is 0. The summed E-state index contributed by atoms with van der Waals surface area (Å²) in [5.41, 5.74) is 0.814. The monoisotopic (exact) mass is 420 g/mol. The highest BCUT2D eigenvalue weighted by Crippen LogP contribution is 2.39. The summed E-state index contributed by atoms with van der Waals surface area (Å²) >= 11 is 0. The molecule has 0 heterocycles. The summed E-state index contributed by atoms with van der Waals surface area (Å²) in [4.78, 5) is 10.9. The molecule has 0 radical (unpaired) electrons. The van der Waals surface area contributed by atoms with Crippen LogP contribution < -0.4 is 0 Å². The zero-order valence-electron chi connectivity index (χ0n) is 17.3. The minimum Gasteiger partial charge on any atom is -0.298 e. The van der Waals surface area contributed by atoms with E-state index in [9.17, 15) is 22.4 Å². The van der Waals surface area contributed by atoms with Gasteiger partial charge < -0.3 is 0 Å².